The molecule has 1 aliphatic rings. The highest BCUT2D eigenvalue weighted by molar-refractivity contribution is 5.79. The lowest BCUT2D eigenvalue weighted by atomic mass is 9.87. The molecule has 0 unspecified atom stereocenters. The van der Waals surface area contributed by atoms with Gasteiger partial charge in [-0.15, -0.1) is 0 Å². The number of ether oxygens (including phenoxy) is 1. The largest absolute Gasteiger partial charge is 0.460 e. The normalized spacial score (nSPS) is 16.7. The van der Waals surface area contributed by atoms with Crippen LogP contribution in [0.3, 0.4) is 0 Å². The molecule has 0 saturated carbocycles. The van der Waals surface area contributed by atoms with Crippen molar-refractivity contribution >= 4 is 12.0 Å². The molecule has 0 atom stereocenters. The van der Waals surface area contributed by atoms with Crippen molar-refractivity contribution < 1.29 is 89.0 Å². The van der Waals surface area contributed by atoms with Crippen molar-refractivity contribution in [2.45, 2.75) is 99.2 Å². The van der Waals surface area contributed by atoms with Crippen molar-refractivity contribution in [2.75, 3.05) is 19.6 Å². The Labute approximate surface area is 272 Å². The van der Waals surface area contributed by atoms with Crippen LogP contribution < -0.4 is 5.32 Å². The number of alkyl halides is 17. The van der Waals surface area contributed by atoms with E-state index in [1.807, 2.05) is 12.1 Å². The summed E-state index contributed by atoms with van der Waals surface area (Å²) in [5, 5.41) is 2.71. The van der Waals surface area contributed by atoms with Crippen LogP contribution in [0.2, 0.25) is 0 Å². The minimum atomic E-state index is -8.70. The van der Waals surface area contributed by atoms with E-state index < -0.39 is 78.1 Å². The fraction of sp³-hybridized carbons (Fsp3) is 0.714. The summed E-state index contributed by atoms with van der Waals surface area (Å²) in [5.41, 5.74) is -1.40. The highest BCUT2D eigenvalue weighted by atomic mass is 19.4. The van der Waals surface area contributed by atoms with Crippen LogP contribution in [0, 0.1) is 5.92 Å². The first-order valence-electron chi connectivity index (χ1n) is 14.3. The van der Waals surface area contributed by atoms with Gasteiger partial charge in [0.25, 0.3) is 0 Å². The Hall–Kier alpha value is -3.23. The van der Waals surface area contributed by atoms with Gasteiger partial charge in [0, 0.05) is 32.0 Å². The SMILES string of the molecule is CC(C)(CCC(F)(F)C(F)(F)C(F)(F)C(F)(F)C(F)(F)C(F)(F)C(F)(F)C(F)(F)F)OC(=O)N1CCC(C(=O)NCCc2ccccc2)CC1. The van der Waals surface area contributed by atoms with Crippen molar-refractivity contribution in [3.8, 4) is 0 Å². The third kappa shape index (κ3) is 7.97. The molecule has 0 aromatic heterocycles. The van der Waals surface area contributed by atoms with Gasteiger partial charge in [-0.05, 0) is 45.1 Å². The first kappa shape index (κ1) is 42.9. The minimum Gasteiger partial charge on any atom is -0.443 e. The van der Waals surface area contributed by atoms with Gasteiger partial charge in [0.15, 0.2) is 0 Å². The topological polar surface area (TPSA) is 58.6 Å². The smallest absolute Gasteiger partial charge is 0.443 e. The Balaban J connectivity index is 2.07. The molecule has 288 valence electrons. The van der Waals surface area contributed by atoms with E-state index >= 15 is 0 Å². The Kier molecular flexibility index (Phi) is 12.1. The number of nitrogens with zero attached hydrogens (tertiary/aromatic N) is 1. The second-order valence-electron chi connectivity index (χ2n) is 12.1. The number of piperidine rings is 1. The van der Waals surface area contributed by atoms with Gasteiger partial charge in [-0.25, -0.2) is 4.79 Å². The Morgan fingerprint density at radius 2 is 1.12 bits per heavy atom. The summed E-state index contributed by atoms with van der Waals surface area (Å²) < 4.78 is 235. The summed E-state index contributed by atoms with van der Waals surface area (Å²) in [7, 11) is 0. The molecule has 0 spiro atoms. The lowest BCUT2D eigenvalue weighted by Crippen LogP contribution is -2.74. The van der Waals surface area contributed by atoms with E-state index in [-0.39, 0.29) is 38.4 Å². The fourth-order valence-corrected chi connectivity index (χ4v) is 4.61. The van der Waals surface area contributed by atoms with Gasteiger partial charge in [0.1, 0.15) is 5.60 Å². The van der Waals surface area contributed by atoms with Gasteiger partial charge < -0.3 is 15.0 Å². The van der Waals surface area contributed by atoms with Crippen LogP contribution in [-0.2, 0) is 16.0 Å². The van der Waals surface area contributed by atoms with Gasteiger partial charge in [-0.2, -0.15) is 74.6 Å². The number of hydrogen-bond donors (Lipinski definition) is 1. The zero-order valence-electron chi connectivity index (χ0n) is 25.7. The summed E-state index contributed by atoms with van der Waals surface area (Å²) in [6.45, 7) is 1.43. The third-order valence-corrected chi connectivity index (χ3v) is 7.87. The molecule has 22 heteroatoms. The first-order chi connectivity index (χ1) is 22.3. The van der Waals surface area contributed by atoms with E-state index in [2.05, 4.69) is 5.32 Å². The molecular weight excluding hydrogens is 735 g/mol. The van der Waals surface area contributed by atoms with Crippen molar-refractivity contribution in [3.05, 3.63) is 35.9 Å². The maximum atomic E-state index is 14.3. The molecule has 1 fully saturated rings. The summed E-state index contributed by atoms with van der Waals surface area (Å²) in [4.78, 5) is 25.9. The Morgan fingerprint density at radius 1 is 0.680 bits per heavy atom. The average Bonchev–Trinajstić information content (AvgIpc) is 2.99. The highest BCUT2D eigenvalue weighted by Gasteiger charge is 2.95. The van der Waals surface area contributed by atoms with Gasteiger partial charge in [-0.1, -0.05) is 30.3 Å². The summed E-state index contributed by atoms with van der Waals surface area (Å²) in [5.74, 6) is -57.9. The molecular formula is C28H29F17N2O3. The van der Waals surface area contributed by atoms with Crippen LogP contribution in [0.1, 0.15) is 45.1 Å². The molecule has 0 radical (unpaired) electrons. The van der Waals surface area contributed by atoms with E-state index in [0.29, 0.717) is 6.42 Å². The maximum absolute atomic E-state index is 14.3. The standard InChI is InChI=1S/C28H29F17N2O3/c1-20(2,50-19(49)47-14-9-17(10-15-47)18(48)46-13-8-16-6-4-3-5-7-16)11-12-21(29,30)22(31,32)23(33,34)24(35,36)25(37,38)26(39,40)27(41,42)28(43,44)45/h3-7,17H,8-15H2,1-2H3,(H,46,48). The summed E-state index contributed by atoms with van der Waals surface area (Å²) >= 11 is 0. The molecule has 1 N–H and O–H groups in total. The predicted molar refractivity (Wildman–Crippen MR) is 138 cm³/mol. The van der Waals surface area contributed by atoms with Crippen LogP contribution in [0.5, 0.6) is 0 Å². The first-order valence-corrected chi connectivity index (χ1v) is 14.3. The molecule has 50 heavy (non-hydrogen) atoms. The number of rotatable bonds is 14. The lowest BCUT2D eigenvalue weighted by Gasteiger charge is -2.43. The molecule has 0 aliphatic carbocycles. The molecule has 5 nitrogen and oxygen atoms in total. The zero-order chi connectivity index (χ0) is 39.0. The van der Waals surface area contributed by atoms with Crippen LogP contribution in [0.4, 0.5) is 79.4 Å². The number of hydrogen-bond acceptors (Lipinski definition) is 3. The summed E-state index contributed by atoms with van der Waals surface area (Å²) in [6, 6.07) is 9.06. The van der Waals surface area contributed by atoms with E-state index in [0.717, 1.165) is 24.3 Å². The van der Waals surface area contributed by atoms with Gasteiger partial charge in [0.05, 0.1) is 0 Å². The molecule has 1 aliphatic heterocycles. The van der Waals surface area contributed by atoms with E-state index in [1.165, 1.54) is 0 Å². The van der Waals surface area contributed by atoms with Gasteiger partial charge in [-0.3, -0.25) is 4.79 Å². The van der Waals surface area contributed by atoms with Gasteiger partial charge in [0.2, 0.25) is 5.91 Å². The number of likely N-dealkylation sites (tertiary alicyclic amines) is 1. The number of carbonyl (C=O) groups excluding carboxylic acids is 2. The Morgan fingerprint density at radius 3 is 1.58 bits per heavy atom. The quantitative estimate of drug-likeness (QED) is 0.193. The van der Waals surface area contributed by atoms with Crippen molar-refractivity contribution in [2.24, 2.45) is 5.92 Å². The number of carbonyl (C=O) groups is 2. The van der Waals surface area contributed by atoms with Gasteiger partial charge >= 0.3 is 53.7 Å². The summed E-state index contributed by atoms with van der Waals surface area (Å²) in [6.07, 6.45) is -12.8. The highest BCUT2D eigenvalue weighted by Crippen LogP contribution is 2.64. The average molecular weight is 765 g/mol. The number of halogens is 17. The molecule has 2 amide bonds. The molecule has 1 heterocycles. The van der Waals surface area contributed by atoms with E-state index in [1.54, 1.807) is 18.2 Å². The van der Waals surface area contributed by atoms with Crippen LogP contribution in [0.15, 0.2) is 30.3 Å². The third-order valence-electron chi connectivity index (χ3n) is 7.87. The van der Waals surface area contributed by atoms with Crippen molar-refractivity contribution in [1.82, 2.24) is 10.2 Å². The predicted octanol–water partition coefficient (Wildman–Crippen LogP) is 8.76. The molecule has 1 saturated heterocycles. The maximum Gasteiger partial charge on any atom is 0.460 e. The van der Waals surface area contributed by atoms with Crippen molar-refractivity contribution in [1.29, 1.82) is 0 Å². The molecule has 1 aromatic rings. The molecule has 2 rings (SSSR count). The van der Waals surface area contributed by atoms with Crippen LogP contribution in [-0.4, -0.2) is 89.8 Å². The fourth-order valence-electron chi connectivity index (χ4n) is 4.61. The monoisotopic (exact) mass is 764 g/mol. The Bertz CT molecular complexity index is 1330. The van der Waals surface area contributed by atoms with Crippen LogP contribution in [0.25, 0.3) is 0 Å². The lowest BCUT2D eigenvalue weighted by molar-refractivity contribution is -0.462. The molecule has 1 aromatic carbocycles. The van der Waals surface area contributed by atoms with E-state index in [9.17, 15) is 84.2 Å². The minimum absolute atomic E-state index is 0.0683. The molecule has 0 bridgehead atoms. The second kappa shape index (κ2) is 14.1. The van der Waals surface area contributed by atoms with Crippen LogP contribution >= 0.6 is 0 Å². The number of benzene rings is 1. The number of amides is 2. The van der Waals surface area contributed by atoms with Crippen molar-refractivity contribution in [3.63, 3.8) is 0 Å². The second-order valence-corrected chi connectivity index (χ2v) is 12.1. The number of nitrogens with one attached hydrogen (secondary N) is 1. The zero-order valence-corrected chi connectivity index (χ0v) is 25.7. The van der Waals surface area contributed by atoms with E-state index in [4.69, 9.17) is 4.74 Å².